The molecule has 0 bridgehead atoms. The summed E-state index contributed by atoms with van der Waals surface area (Å²) in [4.78, 5) is 24.3. The number of anilines is 2. The molecule has 3 rings (SSSR count). The summed E-state index contributed by atoms with van der Waals surface area (Å²) in [5, 5.41) is 5.51. The van der Waals surface area contributed by atoms with Crippen molar-refractivity contribution < 1.29 is 4.79 Å². The summed E-state index contributed by atoms with van der Waals surface area (Å²) in [5.74, 6) is 0.489. The summed E-state index contributed by atoms with van der Waals surface area (Å²) in [6, 6.07) is 5.50. The van der Waals surface area contributed by atoms with Crippen LogP contribution in [-0.2, 0) is 0 Å². The fourth-order valence-corrected chi connectivity index (χ4v) is 2.14. The van der Waals surface area contributed by atoms with E-state index >= 15 is 0 Å². The molecular weight excluding hydrogens is 292 g/mol. The van der Waals surface area contributed by atoms with Crippen LogP contribution in [-0.4, -0.2) is 25.6 Å². The van der Waals surface area contributed by atoms with Crippen LogP contribution >= 0.6 is 0 Å². The van der Waals surface area contributed by atoms with E-state index in [-0.39, 0.29) is 6.03 Å². The van der Waals surface area contributed by atoms with Crippen molar-refractivity contribution >= 4 is 17.4 Å². The Bertz CT molecular complexity index is 811. The van der Waals surface area contributed by atoms with Crippen LogP contribution in [0.4, 0.5) is 16.2 Å². The Balaban J connectivity index is 1.66. The van der Waals surface area contributed by atoms with E-state index in [4.69, 9.17) is 0 Å². The van der Waals surface area contributed by atoms with Crippen molar-refractivity contribution in [1.29, 1.82) is 0 Å². The van der Waals surface area contributed by atoms with Gasteiger partial charge in [0.15, 0.2) is 0 Å². The van der Waals surface area contributed by atoms with Crippen molar-refractivity contribution in [2.75, 3.05) is 10.6 Å². The molecule has 0 saturated heterocycles. The van der Waals surface area contributed by atoms with Gasteiger partial charge in [-0.3, -0.25) is 4.57 Å². The number of rotatable bonds is 3. The molecule has 23 heavy (non-hydrogen) atoms. The van der Waals surface area contributed by atoms with Gasteiger partial charge < -0.3 is 10.6 Å². The van der Waals surface area contributed by atoms with Gasteiger partial charge in [0.1, 0.15) is 6.33 Å². The zero-order chi connectivity index (χ0) is 16.2. The lowest BCUT2D eigenvalue weighted by molar-refractivity contribution is 0.262. The van der Waals surface area contributed by atoms with Crippen LogP contribution in [0.25, 0.3) is 5.95 Å². The number of amides is 2. The van der Waals surface area contributed by atoms with Crippen molar-refractivity contribution in [2.45, 2.75) is 13.8 Å². The van der Waals surface area contributed by atoms with E-state index in [0.29, 0.717) is 11.6 Å². The van der Waals surface area contributed by atoms with Gasteiger partial charge in [-0.15, -0.1) is 0 Å². The Kier molecular flexibility index (Phi) is 4.01. The highest BCUT2D eigenvalue weighted by molar-refractivity contribution is 6.00. The van der Waals surface area contributed by atoms with Crippen molar-refractivity contribution in [3.05, 3.63) is 60.4 Å². The fourth-order valence-electron chi connectivity index (χ4n) is 2.14. The molecule has 7 heteroatoms. The minimum Gasteiger partial charge on any atom is -0.307 e. The Hall–Kier alpha value is -3.22. The lowest BCUT2D eigenvalue weighted by Gasteiger charge is -2.10. The second-order valence-corrected chi connectivity index (χ2v) is 5.14. The molecule has 0 radical (unpaired) electrons. The lowest BCUT2D eigenvalue weighted by Crippen LogP contribution is -2.20. The number of benzene rings is 1. The normalized spacial score (nSPS) is 10.3. The summed E-state index contributed by atoms with van der Waals surface area (Å²) >= 11 is 0. The first-order chi connectivity index (χ1) is 11.1. The molecule has 2 N–H and O–H groups in total. The van der Waals surface area contributed by atoms with E-state index in [0.717, 1.165) is 16.8 Å². The molecule has 0 aliphatic rings. The van der Waals surface area contributed by atoms with Gasteiger partial charge in [-0.05, 0) is 25.5 Å². The number of carbonyl (C=O) groups excluding carboxylic acids is 1. The summed E-state index contributed by atoms with van der Waals surface area (Å²) in [5.41, 5.74) is 3.43. The highest BCUT2D eigenvalue weighted by Crippen LogP contribution is 2.16. The lowest BCUT2D eigenvalue weighted by atomic mass is 10.1. The van der Waals surface area contributed by atoms with Crippen molar-refractivity contribution in [1.82, 2.24) is 19.5 Å². The maximum atomic E-state index is 12.0. The van der Waals surface area contributed by atoms with Crippen LogP contribution in [0.2, 0.25) is 0 Å². The van der Waals surface area contributed by atoms with Crippen molar-refractivity contribution in [3.8, 4) is 5.95 Å². The van der Waals surface area contributed by atoms with Crippen molar-refractivity contribution in [2.24, 2.45) is 0 Å². The molecule has 3 aromatic rings. The largest absolute Gasteiger partial charge is 0.323 e. The maximum Gasteiger partial charge on any atom is 0.323 e. The second kappa shape index (κ2) is 6.27. The van der Waals surface area contributed by atoms with Gasteiger partial charge in [0.05, 0.1) is 18.1 Å². The molecule has 7 nitrogen and oxygen atoms in total. The molecule has 1 aromatic carbocycles. The molecule has 2 aromatic heterocycles. The third-order valence-electron chi connectivity index (χ3n) is 3.26. The van der Waals surface area contributed by atoms with E-state index in [9.17, 15) is 4.79 Å². The topological polar surface area (TPSA) is 84.7 Å². The van der Waals surface area contributed by atoms with E-state index in [1.165, 1.54) is 0 Å². The van der Waals surface area contributed by atoms with Crippen LogP contribution in [0.5, 0.6) is 0 Å². The molecule has 2 heterocycles. The predicted octanol–water partition coefficient (Wildman–Crippen LogP) is 2.92. The molecule has 116 valence electrons. The molecular formula is C16H16N6O. The first-order valence-corrected chi connectivity index (χ1v) is 7.07. The highest BCUT2D eigenvalue weighted by atomic mass is 16.2. The smallest absolute Gasteiger partial charge is 0.307 e. The zero-order valence-corrected chi connectivity index (χ0v) is 12.8. The summed E-state index contributed by atoms with van der Waals surface area (Å²) in [6.45, 7) is 3.96. The van der Waals surface area contributed by atoms with Crippen molar-refractivity contribution in [3.63, 3.8) is 0 Å². The van der Waals surface area contributed by atoms with Crippen LogP contribution in [0.3, 0.4) is 0 Å². The molecule has 0 aliphatic heterocycles. The maximum absolute atomic E-state index is 12.0. The Morgan fingerprint density at radius 3 is 2.57 bits per heavy atom. The molecule has 0 unspecified atom stereocenters. The van der Waals surface area contributed by atoms with Gasteiger partial charge in [0.25, 0.3) is 0 Å². The monoisotopic (exact) mass is 308 g/mol. The van der Waals surface area contributed by atoms with Crippen LogP contribution in [0, 0.1) is 13.8 Å². The summed E-state index contributed by atoms with van der Waals surface area (Å²) in [6.07, 6.45) is 8.09. The number of nitrogens with zero attached hydrogens (tertiary/aromatic N) is 4. The molecule has 0 spiro atoms. The number of hydrogen-bond donors (Lipinski definition) is 2. The van der Waals surface area contributed by atoms with Crippen LogP contribution in [0.15, 0.2) is 49.3 Å². The van der Waals surface area contributed by atoms with Gasteiger partial charge in [0.2, 0.25) is 5.95 Å². The highest BCUT2D eigenvalue weighted by Gasteiger charge is 2.06. The number of aromatic nitrogens is 4. The number of imidazole rings is 1. The van der Waals surface area contributed by atoms with Gasteiger partial charge in [-0.25, -0.2) is 19.7 Å². The standard InChI is InChI=1S/C16H16N6O/c1-11-3-4-14(12(2)7-11)21-16(23)20-13-8-18-15(19-9-13)22-6-5-17-10-22/h3-10H,1-2H3,(H2,20,21,23). The number of carbonyl (C=O) groups is 1. The average Bonchev–Trinajstić information content (AvgIpc) is 3.05. The van der Waals surface area contributed by atoms with Gasteiger partial charge in [-0.2, -0.15) is 0 Å². The van der Waals surface area contributed by atoms with E-state index < -0.39 is 0 Å². The third kappa shape index (κ3) is 3.52. The zero-order valence-electron chi connectivity index (χ0n) is 12.8. The quantitative estimate of drug-likeness (QED) is 0.779. The second-order valence-electron chi connectivity index (χ2n) is 5.14. The van der Waals surface area contributed by atoms with Gasteiger partial charge in [-0.1, -0.05) is 17.7 Å². The fraction of sp³-hybridized carbons (Fsp3) is 0.125. The first kappa shape index (κ1) is 14.7. The molecule has 0 aliphatic carbocycles. The van der Waals surface area contributed by atoms with E-state index in [2.05, 4.69) is 25.6 Å². The Labute approximate surface area is 133 Å². The molecule has 0 atom stereocenters. The first-order valence-electron chi connectivity index (χ1n) is 7.07. The van der Waals surface area contributed by atoms with Crippen LogP contribution in [0.1, 0.15) is 11.1 Å². The number of hydrogen-bond acceptors (Lipinski definition) is 4. The van der Waals surface area contributed by atoms with Gasteiger partial charge in [0, 0.05) is 18.1 Å². The third-order valence-corrected chi connectivity index (χ3v) is 3.26. The predicted molar refractivity (Wildman–Crippen MR) is 87.7 cm³/mol. The average molecular weight is 308 g/mol. The minimum absolute atomic E-state index is 0.337. The van der Waals surface area contributed by atoms with Gasteiger partial charge >= 0.3 is 6.03 Å². The number of urea groups is 1. The summed E-state index contributed by atoms with van der Waals surface area (Å²) < 4.78 is 1.68. The molecule has 2 amide bonds. The van der Waals surface area contributed by atoms with E-state index in [1.807, 2.05) is 32.0 Å². The van der Waals surface area contributed by atoms with Crippen LogP contribution < -0.4 is 10.6 Å². The minimum atomic E-state index is -0.337. The molecule has 0 fully saturated rings. The summed E-state index contributed by atoms with van der Waals surface area (Å²) in [7, 11) is 0. The number of aryl methyl sites for hydroxylation is 2. The molecule has 0 saturated carbocycles. The SMILES string of the molecule is Cc1ccc(NC(=O)Nc2cnc(-n3ccnc3)nc2)c(C)c1. The Morgan fingerprint density at radius 1 is 1.13 bits per heavy atom. The number of nitrogens with one attached hydrogen (secondary N) is 2. The Morgan fingerprint density at radius 2 is 1.91 bits per heavy atom. The van der Waals surface area contributed by atoms with E-state index in [1.54, 1.807) is 35.7 Å².